The van der Waals surface area contributed by atoms with Crippen molar-refractivity contribution in [1.29, 1.82) is 0 Å². The standard InChI is InChI=1S/C5H11O4P/c1-3-8-5(9-4-2)10(6)7/h5H,3-4H2,1-2H3/p+1. The molecule has 1 atom stereocenters. The van der Waals surface area contributed by atoms with E-state index >= 15 is 0 Å². The van der Waals surface area contributed by atoms with Crippen LogP contribution in [-0.2, 0) is 14.0 Å². The van der Waals surface area contributed by atoms with Crippen LogP contribution in [0.2, 0.25) is 0 Å². The van der Waals surface area contributed by atoms with E-state index in [1.807, 2.05) is 0 Å². The van der Waals surface area contributed by atoms with Gasteiger partial charge in [0.25, 0.3) is 0 Å². The van der Waals surface area contributed by atoms with Crippen LogP contribution in [0, 0.1) is 0 Å². The van der Waals surface area contributed by atoms with Crippen molar-refractivity contribution in [2.24, 2.45) is 0 Å². The lowest BCUT2D eigenvalue weighted by Crippen LogP contribution is -2.12. The Bertz CT molecular complexity index is 99.8. The van der Waals surface area contributed by atoms with Gasteiger partial charge in [0.15, 0.2) is 0 Å². The molecule has 60 valence electrons. The smallest absolute Gasteiger partial charge is 0.311 e. The van der Waals surface area contributed by atoms with Crippen LogP contribution >= 0.6 is 8.03 Å². The van der Waals surface area contributed by atoms with E-state index in [-0.39, 0.29) is 0 Å². The summed E-state index contributed by atoms with van der Waals surface area (Å²) in [4.78, 5) is 8.53. The highest BCUT2D eigenvalue weighted by Gasteiger charge is 2.29. The largest absolute Gasteiger partial charge is 0.569 e. The first-order chi connectivity index (χ1) is 4.72. The van der Waals surface area contributed by atoms with Crippen LogP contribution in [0.4, 0.5) is 0 Å². The second-order valence-electron chi connectivity index (χ2n) is 1.52. The number of hydrogen-bond donors (Lipinski definition) is 1. The molecule has 0 aromatic heterocycles. The van der Waals surface area contributed by atoms with Gasteiger partial charge in [0.2, 0.25) is 0 Å². The van der Waals surface area contributed by atoms with Gasteiger partial charge in [-0.2, -0.15) is 4.89 Å². The third-order valence-corrected chi connectivity index (χ3v) is 1.46. The molecule has 0 saturated carbocycles. The maximum absolute atomic E-state index is 10.4. The highest BCUT2D eigenvalue weighted by Crippen LogP contribution is 2.23. The van der Waals surface area contributed by atoms with Crippen molar-refractivity contribution < 1.29 is 18.9 Å². The fourth-order valence-electron chi connectivity index (χ4n) is 0.461. The van der Waals surface area contributed by atoms with Gasteiger partial charge in [-0.25, -0.2) is 0 Å². The Kier molecular flexibility index (Phi) is 5.73. The van der Waals surface area contributed by atoms with Crippen molar-refractivity contribution in [3.63, 3.8) is 0 Å². The quantitative estimate of drug-likeness (QED) is 0.491. The predicted octanol–water partition coefficient (Wildman–Crippen LogP) is 1.08. The van der Waals surface area contributed by atoms with Crippen LogP contribution in [0.5, 0.6) is 0 Å². The molecule has 0 heterocycles. The predicted molar refractivity (Wildman–Crippen MR) is 36.9 cm³/mol. The molecule has 1 N–H and O–H groups in total. The lowest BCUT2D eigenvalue weighted by molar-refractivity contribution is -0.0839. The van der Waals surface area contributed by atoms with Gasteiger partial charge in [-0.15, -0.1) is 0 Å². The Hall–Kier alpha value is -0.0200. The Morgan fingerprint density at radius 1 is 1.40 bits per heavy atom. The topological polar surface area (TPSA) is 55.8 Å². The molecule has 5 heteroatoms. The van der Waals surface area contributed by atoms with Gasteiger partial charge in [0.05, 0.1) is 13.2 Å². The molecule has 10 heavy (non-hydrogen) atoms. The summed E-state index contributed by atoms with van der Waals surface area (Å²) in [7, 11) is -2.37. The zero-order chi connectivity index (χ0) is 7.98. The second-order valence-corrected chi connectivity index (χ2v) is 2.55. The monoisotopic (exact) mass is 167 g/mol. The first kappa shape index (κ1) is 9.98. The number of ether oxygens (including phenoxy) is 2. The van der Waals surface area contributed by atoms with Crippen LogP contribution in [0.1, 0.15) is 13.8 Å². The van der Waals surface area contributed by atoms with Crippen LogP contribution < -0.4 is 0 Å². The summed E-state index contributed by atoms with van der Waals surface area (Å²) in [6.07, 6.45) is 0. The average molecular weight is 167 g/mol. The van der Waals surface area contributed by atoms with Crippen LogP contribution in [0.25, 0.3) is 0 Å². The molecule has 0 aliphatic heterocycles. The Morgan fingerprint density at radius 3 is 2.00 bits per heavy atom. The summed E-state index contributed by atoms with van der Waals surface area (Å²) >= 11 is 0. The molecule has 1 unspecified atom stereocenters. The maximum atomic E-state index is 10.4. The molecule has 0 aliphatic carbocycles. The molecule has 0 rings (SSSR count). The van der Waals surface area contributed by atoms with Gasteiger partial charge in [-0.05, 0) is 18.4 Å². The number of rotatable bonds is 5. The molecule has 0 radical (unpaired) electrons. The first-order valence-electron chi connectivity index (χ1n) is 3.10. The van der Waals surface area contributed by atoms with Gasteiger partial charge in [0, 0.05) is 0 Å². The fraction of sp³-hybridized carbons (Fsp3) is 1.00. The minimum absolute atomic E-state index is 0.381. The molecule has 4 nitrogen and oxygen atoms in total. The Balaban J connectivity index is 3.61. The summed E-state index contributed by atoms with van der Waals surface area (Å²) in [5.74, 6) is 0. The van der Waals surface area contributed by atoms with Gasteiger partial charge < -0.3 is 9.47 Å². The highest BCUT2D eigenvalue weighted by molar-refractivity contribution is 7.38. The van der Waals surface area contributed by atoms with Crippen molar-refractivity contribution in [1.82, 2.24) is 0 Å². The second kappa shape index (κ2) is 5.74. The summed E-state index contributed by atoms with van der Waals surface area (Å²) in [6, 6.07) is -0.954. The minimum Gasteiger partial charge on any atom is -0.311 e. The Labute approximate surface area is 61.0 Å². The molecular weight excluding hydrogens is 155 g/mol. The average Bonchev–Trinajstić information content (AvgIpc) is 1.87. The third kappa shape index (κ3) is 3.90. The van der Waals surface area contributed by atoms with Gasteiger partial charge in [-0.3, -0.25) is 0 Å². The van der Waals surface area contributed by atoms with Crippen molar-refractivity contribution in [2.45, 2.75) is 19.9 Å². The zero-order valence-corrected chi connectivity index (χ0v) is 7.01. The third-order valence-electron chi connectivity index (χ3n) is 0.799. The van der Waals surface area contributed by atoms with Crippen molar-refractivity contribution in [2.75, 3.05) is 13.2 Å². The van der Waals surface area contributed by atoms with E-state index in [1.165, 1.54) is 0 Å². The summed E-state index contributed by atoms with van der Waals surface area (Å²) in [5, 5.41) is 0. The molecule has 0 amide bonds. The number of hydrogen-bond acceptors (Lipinski definition) is 3. The summed E-state index contributed by atoms with van der Waals surface area (Å²) < 4.78 is 20.0. The van der Waals surface area contributed by atoms with E-state index in [9.17, 15) is 4.57 Å². The van der Waals surface area contributed by atoms with Gasteiger partial charge in [0.1, 0.15) is 0 Å². The molecule has 0 fully saturated rings. The minimum atomic E-state index is -2.37. The van der Waals surface area contributed by atoms with E-state index in [4.69, 9.17) is 14.4 Å². The fourth-order valence-corrected chi connectivity index (χ4v) is 1.01. The summed E-state index contributed by atoms with van der Waals surface area (Å²) in [6.45, 7) is 4.24. The van der Waals surface area contributed by atoms with Gasteiger partial charge in [-0.1, -0.05) is 0 Å². The summed E-state index contributed by atoms with van der Waals surface area (Å²) in [5.41, 5.74) is 0. The van der Waals surface area contributed by atoms with E-state index in [1.54, 1.807) is 13.8 Å². The van der Waals surface area contributed by atoms with E-state index < -0.39 is 14.1 Å². The highest BCUT2D eigenvalue weighted by atomic mass is 31.1. The van der Waals surface area contributed by atoms with Crippen molar-refractivity contribution >= 4 is 8.03 Å². The molecular formula is C5H12O4P+. The lowest BCUT2D eigenvalue weighted by atomic mass is 10.9. The zero-order valence-electron chi connectivity index (χ0n) is 6.11. The molecule has 0 bridgehead atoms. The van der Waals surface area contributed by atoms with Crippen molar-refractivity contribution in [3.05, 3.63) is 0 Å². The van der Waals surface area contributed by atoms with Crippen molar-refractivity contribution in [3.8, 4) is 0 Å². The van der Waals surface area contributed by atoms with Crippen LogP contribution in [-0.4, -0.2) is 24.1 Å². The van der Waals surface area contributed by atoms with Crippen LogP contribution in [0.3, 0.4) is 0 Å². The maximum Gasteiger partial charge on any atom is 0.569 e. The van der Waals surface area contributed by atoms with E-state index in [0.29, 0.717) is 13.2 Å². The molecule has 0 aliphatic rings. The van der Waals surface area contributed by atoms with E-state index in [2.05, 4.69) is 0 Å². The Morgan fingerprint density at radius 2 is 1.80 bits per heavy atom. The molecule has 0 spiro atoms. The van der Waals surface area contributed by atoms with E-state index in [0.717, 1.165) is 0 Å². The normalized spacial score (nSPS) is 12.2. The molecule has 0 aromatic rings. The van der Waals surface area contributed by atoms with Gasteiger partial charge >= 0.3 is 14.1 Å². The SMILES string of the molecule is CCOC(OCC)[P+](=O)O. The van der Waals surface area contributed by atoms with Crippen LogP contribution in [0.15, 0.2) is 0 Å². The first-order valence-corrected chi connectivity index (χ1v) is 4.39. The lowest BCUT2D eigenvalue weighted by Gasteiger charge is -2.02. The molecule has 0 aromatic carbocycles. The molecule has 0 saturated heterocycles.